The van der Waals surface area contributed by atoms with Crippen LogP contribution in [-0.2, 0) is 11.2 Å². The van der Waals surface area contributed by atoms with Crippen LogP contribution in [-0.4, -0.2) is 22.6 Å². The van der Waals surface area contributed by atoms with Crippen LogP contribution in [0.25, 0.3) is 0 Å². The highest BCUT2D eigenvalue weighted by Gasteiger charge is 2.07. The molecule has 1 amide bonds. The topological polar surface area (TPSA) is 62.2 Å². The highest BCUT2D eigenvalue weighted by atomic mass is 79.9. The molecule has 2 N–H and O–H groups in total. The van der Waals surface area contributed by atoms with E-state index in [2.05, 4.69) is 38.1 Å². The average molecular weight is 365 g/mol. The van der Waals surface area contributed by atoms with Gasteiger partial charge in [0.05, 0.1) is 24.1 Å². The van der Waals surface area contributed by atoms with Crippen LogP contribution in [0.3, 0.4) is 0 Å². The first-order chi connectivity index (χ1) is 10.2. The van der Waals surface area contributed by atoms with E-state index < -0.39 is 0 Å². The Kier molecular flexibility index (Phi) is 5.93. The molecule has 0 aliphatic rings. The van der Waals surface area contributed by atoms with Crippen molar-refractivity contribution in [3.63, 3.8) is 0 Å². The van der Waals surface area contributed by atoms with Crippen LogP contribution in [0.15, 0.2) is 34.9 Å². The molecule has 2 rings (SSSR count). The fraction of sp³-hybridized carbons (Fsp3) is 0.200. The molecule has 0 atom stereocenters. The Labute approximate surface area is 135 Å². The Morgan fingerprint density at radius 2 is 2.33 bits per heavy atom. The van der Waals surface area contributed by atoms with Crippen molar-refractivity contribution in [2.24, 2.45) is 0 Å². The number of anilines is 1. The number of carbonyl (C=O) groups excluding carboxylic acids is 1. The van der Waals surface area contributed by atoms with Gasteiger partial charge >= 0.3 is 0 Å². The van der Waals surface area contributed by atoms with Gasteiger partial charge in [-0.1, -0.05) is 51.2 Å². The number of hydrogen-bond donors (Lipinski definition) is 2. The molecule has 0 saturated heterocycles. The summed E-state index contributed by atoms with van der Waals surface area (Å²) < 4.78 is 0.948. The second-order valence-electron chi connectivity index (χ2n) is 4.16. The predicted octanol–water partition coefficient (Wildman–Crippen LogP) is 2.82. The fourth-order valence-electron chi connectivity index (χ4n) is 1.59. The van der Waals surface area contributed by atoms with Crippen LogP contribution in [0.2, 0.25) is 0 Å². The summed E-state index contributed by atoms with van der Waals surface area (Å²) in [5.41, 5.74) is 0.932. The van der Waals surface area contributed by atoms with Gasteiger partial charge in [-0.25, -0.2) is 4.98 Å². The van der Waals surface area contributed by atoms with E-state index >= 15 is 0 Å². The van der Waals surface area contributed by atoms with E-state index in [9.17, 15) is 4.79 Å². The van der Waals surface area contributed by atoms with Gasteiger partial charge in [-0.2, -0.15) is 0 Å². The summed E-state index contributed by atoms with van der Waals surface area (Å²) in [7, 11) is 0. The molecule has 1 heterocycles. The molecule has 108 valence electrons. The number of carbonyl (C=O) groups is 1. The van der Waals surface area contributed by atoms with Crippen molar-refractivity contribution in [2.75, 3.05) is 11.9 Å². The number of aromatic nitrogens is 1. The summed E-state index contributed by atoms with van der Waals surface area (Å²) in [5.74, 6) is 5.59. The quantitative estimate of drug-likeness (QED) is 0.820. The van der Waals surface area contributed by atoms with Crippen molar-refractivity contribution in [3.8, 4) is 11.8 Å². The fourth-order valence-corrected chi connectivity index (χ4v) is 2.74. The number of hydrogen-bond acceptors (Lipinski definition) is 4. The van der Waals surface area contributed by atoms with Gasteiger partial charge in [0, 0.05) is 10.9 Å². The van der Waals surface area contributed by atoms with Gasteiger partial charge in [0.15, 0.2) is 5.13 Å². The summed E-state index contributed by atoms with van der Waals surface area (Å²) in [5, 5.41) is 11.9. The van der Waals surface area contributed by atoms with Gasteiger partial charge in [-0.3, -0.25) is 4.79 Å². The number of nitrogens with zero attached hydrogens (tertiary/aromatic N) is 1. The van der Waals surface area contributed by atoms with Crippen molar-refractivity contribution < 1.29 is 9.90 Å². The first-order valence-corrected chi connectivity index (χ1v) is 7.88. The number of rotatable bonds is 4. The zero-order chi connectivity index (χ0) is 15.1. The van der Waals surface area contributed by atoms with Gasteiger partial charge in [0.1, 0.15) is 0 Å². The van der Waals surface area contributed by atoms with E-state index in [1.165, 1.54) is 11.3 Å². The largest absolute Gasteiger partial charge is 0.395 e. The minimum atomic E-state index is -0.114. The Morgan fingerprint density at radius 3 is 3.10 bits per heavy atom. The van der Waals surface area contributed by atoms with E-state index in [0.29, 0.717) is 18.0 Å². The molecule has 4 nitrogen and oxygen atoms in total. The lowest BCUT2D eigenvalue weighted by Crippen LogP contribution is -2.14. The molecule has 21 heavy (non-hydrogen) atoms. The van der Waals surface area contributed by atoms with Gasteiger partial charge in [0.25, 0.3) is 0 Å². The third-order valence-corrected chi connectivity index (χ3v) is 3.78. The lowest BCUT2D eigenvalue weighted by atomic mass is 10.1. The second kappa shape index (κ2) is 7.93. The molecule has 0 fully saturated rings. The maximum Gasteiger partial charge on any atom is 0.230 e. The molecule has 2 aromatic rings. The molecule has 1 aromatic carbocycles. The van der Waals surface area contributed by atoms with E-state index in [0.717, 1.165) is 14.9 Å². The molecular weight excluding hydrogens is 352 g/mol. The third kappa shape index (κ3) is 5.31. The number of aliphatic hydroxyl groups excluding tert-OH is 1. The zero-order valence-electron chi connectivity index (χ0n) is 11.1. The van der Waals surface area contributed by atoms with Crippen LogP contribution in [0.1, 0.15) is 16.9 Å². The van der Waals surface area contributed by atoms with Crippen LogP contribution in [0, 0.1) is 11.8 Å². The van der Waals surface area contributed by atoms with Crippen molar-refractivity contribution in [3.05, 3.63) is 45.4 Å². The zero-order valence-corrected chi connectivity index (χ0v) is 13.5. The number of thiazole rings is 1. The number of nitrogens with one attached hydrogen (secondary N) is 1. The van der Waals surface area contributed by atoms with Crippen molar-refractivity contribution in [2.45, 2.75) is 12.8 Å². The molecule has 0 saturated carbocycles. The monoisotopic (exact) mass is 364 g/mol. The normalized spacial score (nSPS) is 9.81. The standard InChI is InChI=1S/C15H13BrN2O2S/c16-12-5-3-4-11(8-12)9-14(20)18-15-17-10-13(21-15)6-1-2-7-19/h3-5,8,10,19H,2,7,9H2,(H,17,18,20). The van der Waals surface area contributed by atoms with Crippen LogP contribution < -0.4 is 5.32 Å². The van der Waals surface area contributed by atoms with Gasteiger partial charge in [0.2, 0.25) is 5.91 Å². The Hall–Kier alpha value is -1.68. The maximum atomic E-state index is 11.9. The summed E-state index contributed by atoms with van der Waals surface area (Å²) >= 11 is 4.69. The minimum absolute atomic E-state index is 0.0437. The van der Waals surface area contributed by atoms with Gasteiger partial charge < -0.3 is 10.4 Å². The summed E-state index contributed by atoms with van der Waals surface area (Å²) in [6.07, 6.45) is 2.34. The Bertz CT molecular complexity index is 688. The van der Waals surface area contributed by atoms with Crippen LogP contribution in [0.5, 0.6) is 0 Å². The molecule has 6 heteroatoms. The van der Waals surface area contributed by atoms with E-state index in [1.54, 1.807) is 6.20 Å². The van der Waals surface area contributed by atoms with Crippen LogP contribution in [0.4, 0.5) is 5.13 Å². The molecule has 0 bridgehead atoms. The number of aliphatic hydroxyl groups is 1. The van der Waals surface area contributed by atoms with Crippen LogP contribution >= 0.6 is 27.3 Å². The molecule has 0 aliphatic heterocycles. The Morgan fingerprint density at radius 1 is 1.48 bits per heavy atom. The highest BCUT2D eigenvalue weighted by molar-refractivity contribution is 9.10. The number of halogens is 1. The predicted molar refractivity (Wildman–Crippen MR) is 87.2 cm³/mol. The first kappa shape index (κ1) is 15.7. The molecule has 0 unspecified atom stereocenters. The SMILES string of the molecule is O=C(Cc1cccc(Br)c1)Nc1ncc(C#CCCO)s1. The van der Waals surface area contributed by atoms with Crippen molar-refractivity contribution in [1.82, 2.24) is 4.98 Å². The average Bonchev–Trinajstić information content (AvgIpc) is 2.86. The number of benzene rings is 1. The number of amides is 1. The lowest BCUT2D eigenvalue weighted by Gasteiger charge is -2.02. The first-order valence-electron chi connectivity index (χ1n) is 6.27. The minimum Gasteiger partial charge on any atom is -0.395 e. The molecule has 0 spiro atoms. The van der Waals surface area contributed by atoms with Gasteiger partial charge in [-0.05, 0) is 17.7 Å². The summed E-state index contributed by atoms with van der Waals surface area (Å²) in [6, 6.07) is 7.62. The van der Waals surface area contributed by atoms with E-state index in [-0.39, 0.29) is 12.5 Å². The summed E-state index contributed by atoms with van der Waals surface area (Å²) in [6.45, 7) is 0.0437. The van der Waals surface area contributed by atoms with Crippen molar-refractivity contribution in [1.29, 1.82) is 0 Å². The van der Waals surface area contributed by atoms with Gasteiger partial charge in [-0.15, -0.1) is 0 Å². The lowest BCUT2D eigenvalue weighted by molar-refractivity contribution is -0.115. The maximum absolute atomic E-state index is 11.9. The highest BCUT2D eigenvalue weighted by Crippen LogP contribution is 2.18. The molecule has 0 radical (unpaired) electrons. The second-order valence-corrected chi connectivity index (χ2v) is 6.11. The molecular formula is C15H13BrN2O2S. The summed E-state index contributed by atoms with van der Waals surface area (Å²) in [4.78, 5) is 16.8. The smallest absolute Gasteiger partial charge is 0.230 e. The van der Waals surface area contributed by atoms with Crippen molar-refractivity contribution >= 4 is 38.3 Å². The Balaban J connectivity index is 1.93. The van der Waals surface area contributed by atoms with E-state index in [4.69, 9.17) is 5.11 Å². The molecule has 1 aromatic heterocycles. The van der Waals surface area contributed by atoms with E-state index in [1.807, 2.05) is 24.3 Å². The molecule has 0 aliphatic carbocycles. The third-order valence-electron chi connectivity index (χ3n) is 2.45.